The van der Waals surface area contributed by atoms with Gasteiger partial charge in [-0.25, -0.2) is 0 Å². The first-order valence-electron chi connectivity index (χ1n) is 6.67. The lowest BCUT2D eigenvalue weighted by Crippen LogP contribution is -2.43. The number of ether oxygens (including phenoxy) is 2. The molecule has 2 aliphatic heterocycles. The molecule has 2 saturated heterocycles. The fraction of sp³-hybridized carbons (Fsp3) is 1.00. The van der Waals surface area contributed by atoms with E-state index in [-0.39, 0.29) is 5.79 Å². The molecule has 3 nitrogen and oxygen atoms in total. The maximum absolute atomic E-state index is 6.11. The summed E-state index contributed by atoms with van der Waals surface area (Å²) in [5.41, 5.74) is 0. The van der Waals surface area contributed by atoms with E-state index in [4.69, 9.17) is 9.47 Å². The van der Waals surface area contributed by atoms with Crippen molar-refractivity contribution in [2.75, 3.05) is 20.1 Å². The van der Waals surface area contributed by atoms with Crippen molar-refractivity contribution < 1.29 is 9.47 Å². The van der Waals surface area contributed by atoms with E-state index in [0.717, 1.165) is 25.9 Å². The molecule has 2 fully saturated rings. The highest BCUT2D eigenvalue weighted by Crippen LogP contribution is 2.36. The highest BCUT2D eigenvalue weighted by molar-refractivity contribution is 4.89. The highest BCUT2D eigenvalue weighted by Gasteiger charge is 2.45. The third kappa shape index (κ3) is 2.76. The number of likely N-dealkylation sites (tertiary alicyclic amines) is 1. The van der Waals surface area contributed by atoms with Crippen LogP contribution in [-0.4, -0.2) is 43.0 Å². The standard InChI is InChI=1S/C13H25NO2/c1-4-5-6-8-13(2)15-11-7-9-14(3)10-12(11)16-13/h11-12H,4-10H2,1-3H3. The number of rotatable bonds is 4. The fourth-order valence-electron chi connectivity index (χ4n) is 2.78. The number of hydrogen-bond acceptors (Lipinski definition) is 3. The van der Waals surface area contributed by atoms with Gasteiger partial charge in [-0.3, -0.25) is 0 Å². The first-order chi connectivity index (χ1) is 7.63. The van der Waals surface area contributed by atoms with Crippen LogP contribution in [0, 0.1) is 0 Å². The Kier molecular flexibility index (Phi) is 3.88. The van der Waals surface area contributed by atoms with E-state index in [1.165, 1.54) is 19.3 Å². The largest absolute Gasteiger partial charge is 0.344 e. The van der Waals surface area contributed by atoms with Crippen LogP contribution in [0.3, 0.4) is 0 Å². The second-order valence-electron chi connectivity index (χ2n) is 5.45. The molecule has 3 unspecified atom stereocenters. The van der Waals surface area contributed by atoms with E-state index in [9.17, 15) is 0 Å². The minimum absolute atomic E-state index is 0.297. The Bertz CT molecular complexity index is 234. The van der Waals surface area contributed by atoms with Gasteiger partial charge < -0.3 is 14.4 Å². The van der Waals surface area contributed by atoms with Crippen LogP contribution in [0.25, 0.3) is 0 Å². The molecule has 0 amide bonds. The number of unbranched alkanes of at least 4 members (excludes halogenated alkanes) is 2. The van der Waals surface area contributed by atoms with Crippen molar-refractivity contribution in [2.45, 2.75) is 63.9 Å². The molecule has 0 spiro atoms. The SMILES string of the molecule is CCCCCC1(C)OC2CCN(C)CC2O1. The van der Waals surface area contributed by atoms with Gasteiger partial charge in [-0.15, -0.1) is 0 Å². The van der Waals surface area contributed by atoms with E-state index < -0.39 is 0 Å². The van der Waals surface area contributed by atoms with Gasteiger partial charge in [-0.1, -0.05) is 19.8 Å². The molecule has 2 aliphatic rings. The predicted octanol–water partition coefficient (Wildman–Crippen LogP) is 2.40. The van der Waals surface area contributed by atoms with Gasteiger partial charge in [-0.05, 0) is 26.8 Å². The van der Waals surface area contributed by atoms with Gasteiger partial charge in [-0.2, -0.15) is 0 Å². The zero-order valence-corrected chi connectivity index (χ0v) is 10.9. The van der Waals surface area contributed by atoms with Gasteiger partial charge in [0, 0.05) is 19.5 Å². The smallest absolute Gasteiger partial charge is 0.166 e. The molecule has 2 heterocycles. The van der Waals surface area contributed by atoms with Crippen LogP contribution in [0.2, 0.25) is 0 Å². The molecule has 2 rings (SSSR count). The summed E-state index contributed by atoms with van der Waals surface area (Å²) in [5, 5.41) is 0. The van der Waals surface area contributed by atoms with E-state index >= 15 is 0 Å². The molecular weight excluding hydrogens is 202 g/mol. The van der Waals surface area contributed by atoms with Crippen molar-refractivity contribution in [1.82, 2.24) is 4.90 Å². The molecule has 3 atom stereocenters. The van der Waals surface area contributed by atoms with E-state index in [0.29, 0.717) is 12.2 Å². The Morgan fingerprint density at radius 3 is 2.75 bits per heavy atom. The van der Waals surface area contributed by atoms with Crippen molar-refractivity contribution in [3.8, 4) is 0 Å². The number of likely N-dealkylation sites (N-methyl/N-ethyl adjacent to an activating group) is 1. The summed E-state index contributed by atoms with van der Waals surface area (Å²) in [6.45, 7) is 6.50. The van der Waals surface area contributed by atoms with Gasteiger partial charge in [0.25, 0.3) is 0 Å². The number of piperidine rings is 1. The summed E-state index contributed by atoms with van der Waals surface area (Å²) in [5.74, 6) is -0.310. The van der Waals surface area contributed by atoms with Gasteiger partial charge in [0.05, 0.1) is 12.2 Å². The zero-order chi connectivity index (χ0) is 11.6. The monoisotopic (exact) mass is 227 g/mol. The van der Waals surface area contributed by atoms with Crippen molar-refractivity contribution in [3.63, 3.8) is 0 Å². The molecular formula is C13H25NO2. The Balaban J connectivity index is 1.85. The lowest BCUT2D eigenvalue weighted by molar-refractivity contribution is -0.165. The Morgan fingerprint density at radius 1 is 1.25 bits per heavy atom. The lowest BCUT2D eigenvalue weighted by atomic mass is 10.1. The van der Waals surface area contributed by atoms with Crippen LogP contribution in [-0.2, 0) is 9.47 Å². The Hall–Kier alpha value is -0.120. The molecule has 3 heteroatoms. The summed E-state index contributed by atoms with van der Waals surface area (Å²) in [7, 11) is 2.16. The molecule has 0 aromatic heterocycles. The van der Waals surface area contributed by atoms with E-state index in [1.54, 1.807) is 0 Å². The van der Waals surface area contributed by atoms with Crippen LogP contribution in [0.1, 0.15) is 46.0 Å². The second kappa shape index (κ2) is 5.03. The maximum atomic E-state index is 6.11. The molecule has 0 N–H and O–H groups in total. The average molecular weight is 227 g/mol. The highest BCUT2D eigenvalue weighted by atomic mass is 16.8. The molecule has 0 bridgehead atoms. The van der Waals surface area contributed by atoms with Gasteiger partial charge in [0.1, 0.15) is 0 Å². The Morgan fingerprint density at radius 2 is 2.00 bits per heavy atom. The van der Waals surface area contributed by atoms with Crippen LogP contribution >= 0.6 is 0 Å². The third-order valence-corrected chi connectivity index (χ3v) is 3.74. The third-order valence-electron chi connectivity index (χ3n) is 3.74. The fourth-order valence-corrected chi connectivity index (χ4v) is 2.78. The van der Waals surface area contributed by atoms with Gasteiger partial charge in [0.2, 0.25) is 0 Å². The maximum Gasteiger partial charge on any atom is 0.166 e. The topological polar surface area (TPSA) is 21.7 Å². The molecule has 0 saturated carbocycles. The van der Waals surface area contributed by atoms with Crippen molar-refractivity contribution in [2.24, 2.45) is 0 Å². The minimum atomic E-state index is -0.310. The first kappa shape index (κ1) is 12.3. The van der Waals surface area contributed by atoms with Crippen LogP contribution in [0.5, 0.6) is 0 Å². The number of hydrogen-bond donors (Lipinski definition) is 0. The summed E-state index contributed by atoms with van der Waals surface area (Å²) in [6.07, 6.45) is 6.53. The van der Waals surface area contributed by atoms with Crippen molar-refractivity contribution >= 4 is 0 Å². The van der Waals surface area contributed by atoms with Gasteiger partial charge >= 0.3 is 0 Å². The molecule has 94 valence electrons. The average Bonchev–Trinajstić information content (AvgIpc) is 2.54. The molecule has 0 aromatic rings. The van der Waals surface area contributed by atoms with E-state index in [2.05, 4.69) is 25.8 Å². The van der Waals surface area contributed by atoms with Crippen LogP contribution in [0.15, 0.2) is 0 Å². The van der Waals surface area contributed by atoms with E-state index in [1.807, 2.05) is 0 Å². The number of fused-ring (bicyclic) bond motifs is 1. The summed E-state index contributed by atoms with van der Waals surface area (Å²) in [4.78, 5) is 2.34. The Labute approximate surface area is 99.1 Å². The molecule has 0 radical (unpaired) electrons. The summed E-state index contributed by atoms with van der Waals surface area (Å²) >= 11 is 0. The summed E-state index contributed by atoms with van der Waals surface area (Å²) in [6, 6.07) is 0. The van der Waals surface area contributed by atoms with Crippen molar-refractivity contribution in [1.29, 1.82) is 0 Å². The van der Waals surface area contributed by atoms with Crippen LogP contribution < -0.4 is 0 Å². The first-order valence-corrected chi connectivity index (χ1v) is 6.67. The normalized spacial score (nSPS) is 39.9. The number of nitrogens with zero attached hydrogens (tertiary/aromatic N) is 1. The zero-order valence-electron chi connectivity index (χ0n) is 10.9. The molecule has 16 heavy (non-hydrogen) atoms. The quantitative estimate of drug-likeness (QED) is 0.688. The van der Waals surface area contributed by atoms with Crippen LogP contribution in [0.4, 0.5) is 0 Å². The van der Waals surface area contributed by atoms with Gasteiger partial charge in [0.15, 0.2) is 5.79 Å². The molecule has 0 aromatic carbocycles. The van der Waals surface area contributed by atoms with Crippen molar-refractivity contribution in [3.05, 3.63) is 0 Å². The lowest BCUT2D eigenvalue weighted by Gasteiger charge is -2.29. The predicted molar refractivity (Wildman–Crippen MR) is 64.4 cm³/mol. The minimum Gasteiger partial charge on any atom is -0.344 e. The second-order valence-corrected chi connectivity index (χ2v) is 5.45. The summed E-state index contributed by atoms with van der Waals surface area (Å²) < 4.78 is 12.2. The molecule has 0 aliphatic carbocycles.